The number of nitrogen functional groups attached to an aromatic ring is 1. The van der Waals surface area contributed by atoms with Crippen molar-refractivity contribution >= 4 is 53.8 Å². The summed E-state index contributed by atoms with van der Waals surface area (Å²) in [7, 11) is -3.82. The maximum absolute atomic E-state index is 12.6. The van der Waals surface area contributed by atoms with Gasteiger partial charge in [-0.05, 0) is 24.3 Å². The summed E-state index contributed by atoms with van der Waals surface area (Å²) in [5.41, 5.74) is 2.77. The van der Waals surface area contributed by atoms with E-state index in [4.69, 9.17) is 5.84 Å². The zero-order valence-electron chi connectivity index (χ0n) is 10.4. The van der Waals surface area contributed by atoms with E-state index in [9.17, 15) is 8.42 Å². The molecule has 4 N–H and O–H groups in total. The number of benzene rings is 1. The largest absolute Gasteiger partial charge is 0.306 e. The smallest absolute Gasteiger partial charge is 0.281 e. The van der Waals surface area contributed by atoms with E-state index in [1.54, 1.807) is 35.8 Å². The number of fused-ring (bicyclic) bond motifs is 1. The molecule has 0 radical (unpaired) electrons. The maximum atomic E-state index is 12.6. The Morgan fingerprint density at radius 2 is 2.00 bits per heavy atom. The summed E-state index contributed by atoms with van der Waals surface area (Å²) in [6.07, 6.45) is 1.63. The summed E-state index contributed by atoms with van der Waals surface area (Å²) < 4.78 is 30.0. The van der Waals surface area contributed by atoms with Crippen LogP contribution in [0.15, 0.2) is 45.3 Å². The van der Waals surface area contributed by atoms with Crippen LogP contribution in [-0.2, 0) is 10.0 Å². The first-order chi connectivity index (χ1) is 10.0. The Morgan fingerprint density at radius 1 is 1.29 bits per heavy atom. The molecule has 0 amide bonds. The number of imidazole rings is 1. The molecule has 0 aliphatic carbocycles. The fourth-order valence-corrected chi connectivity index (χ4v) is 4.18. The highest BCUT2D eigenvalue weighted by Crippen LogP contribution is 2.27. The van der Waals surface area contributed by atoms with E-state index in [0.29, 0.717) is 10.6 Å². The number of nitrogens with two attached hydrogens (primary N) is 1. The third-order valence-electron chi connectivity index (χ3n) is 2.71. The Kier molecular flexibility index (Phi) is 3.61. The number of hydrogen-bond donors (Lipinski definition) is 3. The number of anilines is 2. The highest BCUT2D eigenvalue weighted by molar-refractivity contribution is 9.10. The van der Waals surface area contributed by atoms with Gasteiger partial charge in [0.2, 0.25) is 5.03 Å². The number of hydrogen-bond acceptors (Lipinski definition) is 6. The van der Waals surface area contributed by atoms with Crippen molar-refractivity contribution in [2.45, 2.75) is 5.03 Å². The SMILES string of the molecule is NNc1nc2sccn2c1S(=O)(=O)Nc1ccc(Br)cc1. The molecular formula is C11H10BrN5O2S2. The minimum Gasteiger partial charge on any atom is -0.306 e. The third kappa shape index (κ3) is 2.62. The van der Waals surface area contributed by atoms with Gasteiger partial charge in [-0.1, -0.05) is 15.9 Å². The van der Waals surface area contributed by atoms with Gasteiger partial charge in [-0.2, -0.15) is 13.4 Å². The van der Waals surface area contributed by atoms with E-state index in [0.717, 1.165) is 4.47 Å². The van der Waals surface area contributed by atoms with Gasteiger partial charge in [-0.15, -0.1) is 11.3 Å². The van der Waals surface area contributed by atoms with Gasteiger partial charge < -0.3 is 5.43 Å². The van der Waals surface area contributed by atoms with Crippen LogP contribution < -0.4 is 16.0 Å². The van der Waals surface area contributed by atoms with Crippen LogP contribution in [0, 0.1) is 0 Å². The molecule has 2 heterocycles. The van der Waals surface area contributed by atoms with Crippen molar-refractivity contribution < 1.29 is 8.42 Å². The normalized spacial score (nSPS) is 11.7. The van der Waals surface area contributed by atoms with Gasteiger partial charge in [0.15, 0.2) is 10.8 Å². The average molecular weight is 388 g/mol. The lowest BCUT2D eigenvalue weighted by molar-refractivity contribution is 0.597. The zero-order valence-corrected chi connectivity index (χ0v) is 13.7. The van der Waals surface area contributed by atoms with E-state index < -0.39 is 10.0 Å². The van der Waals surface area contributed by atoms with Crippen molar-refractivity contribution in [3.63, 3.8) is 0 Å². The highest BCUT2D eigenvalue weighted by atomic mass is 79.9. The first-order valence-corrected chi connectivity index (χ1v) is 8.87. The lowest BCUT2D eigenvalue weighted by Crippen LogP contribution is -2.18. The van der Waals surface area contributed by atoms with Gasteiger partial charge in [0.05, 0.1) is 0 Å². The number of nitrogens with one attached hydrogen (secondary N) is 2. The molecule has 3 aromatic rings. The zero-order chi connectivity index (χ0) is 15.0. The molecule has 2 aromatic heterocycles. The minimum absolute atomic E-state index is 0.0239. The standard InChI is InChI=1S/C11H10BrN5O2S2/c12-7-1-3-8(4-2-7)16-21(18,19)10-9(15-13)14-11-17(10)5-6-20-11/h1-6,15-16H,13H2. The van der Waals surface area contributed by atoms with E-state index in [1.165, 1.54) is 15.7 Å². The van der Waals surface area contributed by atoms with E-state index >= 15 is 0 Å². The Bertz CT molecular complexity index is 885. The number of nitrogens with zero attached hydrogens (tertiary/aromatic N) is 2. The van der Waals surface area contributed by atoms with Crippen LogP contribution in [0.2, 0.25) is 0 Å². The molecule has 110 valence electrons. The summed E-state index contributed by atoms with van der Waals surface area (Å²) >= 11 is 4.62. The molecule has 0 spiro atoms. The van der Waals surface area contributed by atoms with Crippen LogP contribution >= 0.6 is 27.3 Å². The van der Waals surface area contributed by atoms with Crippen LogP contribution in [0.25, 0.3) is 4.96 Å². The topological polar surface area (TPSA) is 102 Å². The molecule has 3 rings (SSSR count). The van der Waals surface area contributed by atoms with E-state index in [2.05, 4.69) is 31.1 Å². The van der Waals surface area contributed by atoms with Gasteiger partial charge in [0, 0.05) is 21.7 Å². The van der Waals surface area contributed by atoms with E-state index in [1.807, 2.05) is 0 Å². The van der Waals surface area contributed by atoms with Crippen LogP contribution in [-0.4, -0.2) is 17.8 Å². The van der Waals surface area contributed by atoms with Crippen molar-refractivity contribution in [1.29, 1.82) is 0 Å². The first-order valence-electron chi connectivity index (χ1n) is 5.72. The van der Waals surface area contributed by atoms with Crippen molar-refractivity contribution in [3.8, 4) is 0 Å². The van der Waals surface area contributed by atoms with Gasteiger partial charge in [-0.25, -0.2) is 5.84 Å². The molecule has 0 bridgehead atoms. The van der Waals surface area contributed by atoms with Crippen molar-refractivity contribution in [2.75, 3.05) is 10.1 Å². The molecule has 0 fully saturated rings. The molecule has 0 saturated heterocycles. The molecule has 0 aliphatic rings. The van der Waals surface area contributed by atoms with Crippen molar-refractivity contribution in [2.24, 2.45) is 5.84 Å². The number of hydrazine groups is 1. The Labute approximate surface area is 133 Å². The summed E-state index contributed by atoms with van der Waals surface area (Å²) in [6.45, 7) is 0. The highest BCUT2D eigenvalue weighted by Gasteiger charge is 2.25. The lowest BCUT2D eigenvalue weighted by Gasteiger charge is -2.08. The van der Waals surface area contributed by atoms with Gasteiger partial charge in [0.25, 0.3) is 10.0 Å². The summed E-state index contributed by atoms with van der Waals surface area (Å²) in [5.74, 6) is 5.47. The molecule has 1 aromatic carbocycles. The van der Waals surface area contributed by atoms with Crippen LogP contribution in [0.5, 0.6) is 0 Å². The fourth-order valence-electron chi connectivity index (χ4n) is 1.84. The number of halogens is 1. The maximum Gasteiger partial charge on any atom is 0.281 e. The lowest BCUT2D eigenvalue weighted by atomic mass is 10.3. The Morgan fingerprint density at radius 3 is 2.67 bits per heavy atom. The monoisotopic (exact) mass is 387 g/mol. The molecule has 10 heteroatoms. The van der Waals surface area contributed by atoms with Crippen LogP contribution in [0.3, 0.4) is 0 Å². The number of sulfonamides is 1. The average Bonchev–Trinajstić information content (AvgIpc) is 3.00. The Balaban J connectivity index is 2.07. The predicted molar refractivity (Wildman–Crippen MR) is 85.8 cm³/mol. The van der Waals surface area contributed by atoms with Crippen molar-refractivity contribution in [3.05, 3.63) is 40.3 Å². The summed E-state index contributed by atoms with van der Waals surface area (Å²) in [4.78, 5) is 4.67. The Hall–Kier alpha value is -1.62. The molecule has 0 unspecified atom stereocenters. The molecule has 0 atom stereocenters. The minimum atomic E-state index is -3.82. The second-order valence-electron chi connectivity index (χ2n) is 4.08. The molecule has 0 saturated carbocycles. The molecular weight excluding hydrogens is 378 g/mol. The van der Waals surface area contributed by atoms with Gasteiger partial charge in [-0.3, -0.25) is 9.12 Å². The van der Waals surface area contributed by atoms with E-state index in [-0.39, 0.29) is 10.8 Å². The van der Waals surface area contributed by atoms with Crippen LogP contribution in [0.4, 0.5) is 11.5 Å². The second-order valence-corrected chi connectivity index (χ2v) is 7.46. The number of aromatic nitrogens is 2. The predicted octanol–water partition coefficient (Wildman–Crippen LogP) is 2.24. The third-order valence-corrected chi connectivity index (χ3v) is 5.39. The van der Waals surface area contributed by atoms with Crippen LogP contribution in [0.1, 0.15) is 0 Å². The van der Waals surface area contributed by atoms with Gasteiger partial charge >= 0.3 is 0 Å². The summed E-state index contributed by atoms with van der Waals surface area (Å²) in [6, 6.07) is 6.80. The van der Waals surface area contributed by atoms with Crippen molar-refractivity contribution in [1.82, 2.24) is 9.38 Å². The summed E-state index contributed by atoms with van der Waals surface area (Å²) in [5, 5.41) is 1.73. The second kappa shape index (κ2) is 5.30. The molecule has 21 heavy (non-hydrogen) atoms. The quantitative estimate of drug-likeness (QED) is 0.470. The molecule has 7 nitrogen and oxygen atoms in total. The van der Waals surface area contributed by atoms with Gasteiger partial charge in [0.1, 0.15) is 0 Å². The molecule has 0 aliphatic heterocycles. The fraction of sp³-hybridized carbons (Fsp3) is 0. The number of rotatable bonds is 4. The number of thiazole rings is 1. The first kappa shape index (κ1) is 14.3.